The predicted molar refractivity (Wildman–Crippen MR) is 88.6 cm³/mol. The largest absolute Gasteiger partial charge is 0.352 e. The van der Waals surface area contributed by atoms with Crippen LogP contribution in [0.15, 0.2) is 60.9 Å². The second-order valence-corrected chi connectivity index (χ2v) is 5.29. The number of hydrogen-bond donors (Lipinski definition) is 1. The Labute approximate surface area is 135 Å². The van der Waals surface area contributed by atoms with Crippen molar-refractivity contribution in [1.82, 2.24) is 20.1 Å². The van der Waals surface area contributed by atoms with Crippen LogP contribution in [0.25, 0.3) is 5.69 Å². The van der Waals surface area contributed by atoms with Crippen LogP contribution in [0.1, 0.15) is 21.7 Å². The number of aryl methyl sites for hydroxylation is 1. The van der Waals surface area contributed by atoms with Crippen molar-refractivity contribution in [2.45, 2.75) is 13.3 Å². The zero-order valence-electron chi connectivity index (χ0n) is 12.9. The van der Waals surface area contributed by atoms with Crippen LogP contribution in [0.4, 0.5) is 0 Å². The first kappa shape index (κ1) is 15.0. The number of carbonyl (C=O) groups excluding carboxylic acids is 1. The molecular weight excluding hydrogens is 288 g/mol. The van der Waals surface area contributed by atoms with Crippen molar-refractivity contribution < 1.29 is 4.79 Å². The van der Waals surface area contributed by atoms with Gasteiger partial charge in [-0.2, -0.15) is 5.10 Å². The Balaban J connectivity index is 1.58. The Morgan fingerprint density at radius 1 is 1.13 bits per heavy atom. The molecule has 1 amide bonds. The van der Waals surface area contributed by atoms with Gasteiger partial charge in [0.15, 0.2) is 0 Å². The van der Waals surface area contributed by atoms with Crippen molar-refractivity contribution >= 4 is 5.91 Å². The Kier molecular flexibility index (Phi) is 4.47. The van der Waals surface area contributed by atoms with Gasteiger partial charge < -0.3 is 5.32 Å². The van der Waals surface area contributed by atoms with E-state index in [2.05, 4.69) is 15.4 Å². The molecule has 0 aliphatic rings. The molecule has 0 aliphatic heterocycles. The highest BCUT2D eigenvalue weighted by Crippen LogP contribution is 2.07. The molecule has 1 aromatic carbocycles. The van der Waals surface area contributed by atoms with Crippen LogP contribution in [-0.4, -0.2) is 27.2 Å². The van der Waals surface area contributed by atoms with Gasteiger partial charge in [-0.1, -0.05) is 24.3 Å². The van der Waals surface area contributed by atoms with Gasteiger partial charge in [-0.25, -0.2) is 4.68 Å². The Hall–Kier alpha value is -2.95. The fraction of sp³-hybridized carbons (Fsp3) is 0.167. The number of carbonyl (C=O) groups is 1. The molecule has 0 aliphatic carbocycles. The normalized spacial score (nSPS) is 10.5. The number of pyridine rings is 1. The van der Waals surface area contributed by atoms with E-state index < -0.39 is 0 Å². The third kappa shape index (κ3) is 3.83. The van der Waals surface area contributed by atoms with Crippen LogP contribution in [0, 0.1) is 6.92 Å². The average molecular weight is 306 g/mol. The monoisotopic (exact) mass is 306 g/mol. The first-order chi connectivity index (χ1) is 11.2. The molecule has 5 heteroatoms. The number of hydrogen-bond acceptors (Lipinski definition) is 3. The van der Waals surface area contributed by atoms with Gasteiger partial charge in [0.2, 0.25) is 0 Å². The maximum absolute atomic E-state index is 12.2. The van der Waals surface area contributed by atoms with Crippen LogP contribution >= 0.6 is 0 Å². The molecular formula is C18H18N4O. The lowest BCUT2D eigenvalue weighted by molar-refractivity contribution is 0.0954. The number of para-hydroxylation sites is 1. The quantitative estimate of drug-likeness (QED) is 0.788. The molecule has 0 spiro atoms. The third-order valence-electron chi connectivity index (χ3n) is 3.48. The molecule has 0 saturated heterocycles. The lowest BCUT2D eigenvalue weighted by Crippen LogP contribution is -2.25. The SMILES string of the molecule is Cc1cccc(CCNC(=O)c2cnn(-c3ccccc3)c2)n1. The molecule has 0 atom stereocenters. The summed E-state index contributed by atoms with van der Waals surface area (Å²) >= 11 is 0. The molecule has 23 heavy (non-hydrogen) atoms. The van der Waals surface area contributed by atoms with Gasteiger partial charge in [-0.3, -0.25) is 9.78 Å². The van der Waals surface area contributed by atoms with Gasteiger partial charge in [0.1, 0.15) is 0 Å². The van der Waals surface area contributed by atoms with Gasteiger partial charge >= 0.3 is 0 Å². The standard InChI is InChI=1S/C18H18N4O/c1-14-6-5-7-16(21-14)10-11-19-18(23)15-12-20-22(13-15)17-8-3-2-4-9-17/h2-9,12-13H,10-11H2,1H3,(H,19,23). The second-order valence-electron chi connectivity index (χ2n) is 5.29. The summed E-state index contributed by atoms with van der Waals surface area (Å²) in [7, 11) is 0. The third-order valence-corrected chi connectivity index (χ3v) is 3.48. The van der Waals surface area contributed by atoms with Crippen molar-refractivity contribution in [1.29, 1.82) is 0 Å². The van der Waals surface area contributed by atoms with E-state index in [0.717, 1.165) is 17.1 Å². The molecule has 0 radical (unpaired) electrons. The van der Waals surface area contributed by atoms with Gasteiger partial charge in [0.05, 0.1) is 17.4 Å². The van der Waals surface area contributed by atoms with Crippen molar-refractivity contribution in [3.8, 4) is 5.69 Å². The minimum absolute atomic E-state index is 0.125. The van der Waals surface area contributed by atoms with Crippen LogP contribution < -0.4 is 5.32 Å². The average Bonchev–Trinajstić information content (AvgIpc) is 3.06. The summed E-state index contributed by atoms with van der Waals surface area (Å²) in [5.74, 6) is -0.125. The highest BCUT2D eigenvalue weighted by atomic mass is 16.1. The van der Waals surface area contributed by atoms with E-state index in [1.807, 2.05) is 55.5 Å². The zero-order chi connectivity index (χ0) is 16.1. The lowest BCUT2D eigenvalue weighted by Gasteiger charge is -2.04. The summed E-state index contributed by atoms with van der Waals surface area (Å²) in [6.45, 7) is 2.51. The molecule has 0 saturated carbocycles. The van der Waals surface area contributed by atoms with Crippen LogP contribution in [0.5, 0.6) is 0 Å². The fourth-order valence-corrected chi connectivity index (χ4v) is 2.31. The summed E-state index contributed by atoms with van der Waals surface area (Å²) in [4.78, 5) is 16.6. The van der Waals surface area contributed by atoms with E-state index in [9.17, 15) is 4.79 Å². The molecule has 2 heterocycles. The molecule has 0 fully saturated rings. The minimum Gasteiger partial charge on any atom is -0.352 e. The maximum Gasteiger partial charge on any atom is 0.254 e. The summed E-state index contributed by atoms with van der Waals surface area (Å²) in [6.07, 6.45) is 4.02. The fourth-order valence-electron chi connectivity index (χ4n) is 2.31. The highest BCUT2D eigenvalue weighted by Gasteiger charge is 2.09. The number of rotatable bonds is 5. The van der Waals surface area contributed by atoms with Crippen molar-refractivity contribution in [2.24, 2.45) is 0 Å². The minimum atomic E-state index is -0.125. The number of nitrogens with one attached hydrogen (secondary N) is 1. The molecule has 5 nitrogen and oxygen atoms in total. The summed E-state index contributed by atoms with van der Waals surface area (Å²) < 4.78 is 1.69. The number of amides is 1. The van der Waals surface area contributed by atoms with E-state index in [4.69, 9.17) is 0 Å². The van der Waals surface area contributed by atoms with E-state index in [0.29, 0.717) is 18.5 Å². The first-order valence-electron chi connectivity index (χ1n) is 7.53. The zero-order valence-corrected chi connectivity index (χ0v) is 12.9. The molecule has 0 bridgehead atoms. The van der Waals surface area contributed by atoms with Gasteiger partial charge in [-0.15, -0.1) is 0 Å². The second kappa shape index (κ2) is 6.87. The lowest BCUT2D eigenvalue weighted by atomic mass is 10.2. The Bertz CT molecular complexity index is 796. The molecule has 1 N–H and O–H groups in total. The van der Waals surface area contributed by atoms with Crippen LogP contribution in [0.2, 0.25) is 0 Å². The smallest absolute Gasteiger partial charge is 0.254 e. The topological polar surface area (TPSA) is 59.8 Å². The highest BCUT2D eigenvalue weighted by molar-refractivity contribution is 5.93. The van der Waals surface area contributed by atoms with E-state index in [1.165, 1.54) is 0 Å². The van der Waals surface area contributed by atoms with Crippen molar-refractivity contribution in [2.75, 3.05) is 6.54 Å². The molecule has 0 unspecified atom stereocenters. The molecule has 116 valence electrons. The van der Waals surface area contributed by atoms with Gasteiger partial charge in [0, 0.05) is 30.6 Å². The maximum atomic E-state index is 12.2. The van der Waals surface area contributed by atoms with Crippen molar-refractivity contribution in [3.05, 3.63) is 77.9 Å². The molecule has 3 rings (SSSR count). The first-order valence-corrected chi connectivity index (χ1v) is 7.53. The number of nitrogens with zero attached hydrogens (tertiary/aromatic N) is 3. The Morgan fingerprint density at radius 3 is 2.74 bits per heavy atom. The summed E-state index contributed by atoms with van der Waals surface area (Å²) in [6, 6.07) is 15.6. The molecule has 3 aromatic rings. The van der Waals surface area contributed by atoms with Gasteiger partial charge in [0.25, 0.3) is 5.91 Å². The van der Waals surface area contributed by atoms with Gasteiger partial charge in [-0.05, 0) is 31.2 Å². The van der Waals surface area contributed by atoms with Crippen LogP contribution in [0.3, 0.4) is 0 Å². The van der Waals surface area contributed by atoms with E-state index in [-0.39, 0.29) is 5.91 Å². The Morgan fingerprint density at radius 2 is 1.96 bits per heavy atom. The number of aromatic nitrogens is 3. The van der Waals surface area contributed by atoms with E-state index >= 15 is 0 Å². The predicted octanol–water partition coefficient (Wildman–Crippen LogP) is 2.55. The van der Waals surface area contributed by atoms with Crippen LogP contribution in [-0.2, 0) is 6.42 Å². The molecule has 2 aromatic heterocycles. The summed E-state index contributed by atoms with van der Waals surface area (Å²) in [5, 5.41) is 7.13. The van der Waals surface area contributed by atoms with Crippen molar-refractivity contribution in [3.63, 3.8) is 0 Å². The van der Waals surface area contributed by atoms with E-state index in [1.54, 1.807) is 17.1 Å². The summed E-state index contributed by atoms with van der Waals surface area (Å²) in [5.41, 5.74) is 3.44. The number of benzene rings is 1.